The number of rotatable bonds is 9. The molecule has 8 nitrogen and oxygen atoms in total. The van der Waals surface area contributed by atoms with Crippen LogP contribution in [0.5, 0.6) is 5.75 Å². The third kappa shape index (κ3) is 7.46. The van der Waals surface area contributed by atoms with Crippen LogP contribution in [-0.4, -0.2) is 24.0 Å². The molecule has 0 radical (unpaired) electrons. The second-order valence-corrected chi connectivity index (χ2v) is 9.01. The Morgan fingerprint density at radius 2 is 1.87 bits per heavy atom. The molecule has 0 unspecified atom stereocenters. The first-order valence-electron chi connectivity index (χ1n) is 11.7. The van der Waals surface area contributed by atoms with E-state index >= 15 is 0 Å². The topological polar surface area (TPSA) is 119 Å². The molecule has 0 atom stereocenters. The summed E-state index contributed by atoms with van der Waals surface area (Å²) in [5.41, 5.74) is 8.08. The zero-order chi connectivity index (χ0) is 28.0. The molecule has 0 saturated heterocycles. The first-order chi connectivity index (χ1) is 17.9. The number of carbonyl (C=O) groups excluding carboxylic acids is 1. The van der Waals surface area contributed by atoms with Crippen LogP contribution in [0.2, 0.25) is 0 Å². The maximum atomic E-state index is 13.5. The molecule has 2 aromatic carbocycles. The summed E-state index contributed by atoms with van der Waals surface area (Å²) in [5.74, 6) is 6.17. The van der Waals surface area contributed by atoms with E-state index in [-0.39, 0.29) is 23.8 Å². The van der Waals surface area contributed by atoms with Gasteiger partial charge in [-0.05, 0) is 54.4 Å². The van der Waals surface area contributed by atoms with Crippen LogP contribution in [0, 0.1) is 6.92 Å². The molecule has 1 amide bonds. The van der Waals surface area contributed by atoms with Crippen LogP contribution >= 0.6 is 0 Å². The Morgan fingerprint density at radius 3 is 2.53 bits per heavy atom. The van der Waals surface area contributed by atoms with E-state index in [4.69, 9.17) is 16.3 Å². The molecule has 0 aliphatic carbocycles. The second-order valence-electron chi connectivity index (χ2n) is 9.01. The highest BCUT2D eigenvalue weighted by atomic mass is 19.4. The van der Waals surface area contributed by atoms with Gasteiger partial charge in [0.05, 0.1) is 30.3 Å². The molecule has 3 rings (SSSR count). The van der Waals surface area contributed by atoms with Crippen LogP contribution in [0.3, 0.4) is 0 Å². The van der Waals surface area contributed by atoms with Crippen molar-refractivity contribution in [1.82, 2.24) is 10.3 Å². The van der Waals surface area contributed by atoms with Gasteiger partial charge in [-0.15, -0.1) is 0 Å². The lowest BCUT2D eigenvalue weighted by Crippen LogP contribution is -2.27. The van der Waals surface area contributed by atoms with Crippen molar-refractivity contribution >= 4 is 23.0 Å². The first-order valence-corrected chi connectivity index (χ1v) is 11.7. The smallest absolute Gasteiger partial charge is 0.416 e. The van der Waals surface area contributed by atoms with Gasteiger partial charge in [-0.3, -0.25) is 14.8 Å². The van der Waals surface area contributed by atoms with E-state index in [0.29, 0.717) is 28.3 Å². The van der Waals surface area contributed by atoms with Gasteiger partial charge >= 0.3 is 6.18 Å². The van der Waals surface area contributed by atoms with Crippen molar-refractivity contribution in [2.45, 2.75) is 39.5 Å². The fourth-order valence-corrected chi connectivity index (χ4v) is 3.57. The average molecular weight is 529 g/mol. The number of nitrogens with two attached hydrogens (primary N) is 2. The van der Waals surface area contributed by atoms with Crippen molar-refractivity contribution in [3.63, 3.8) is 0 Å². The van der Waals surface area contributed by atoms with Gasteiger partial charge < -0.3 is 21.1 Å². The molecule has 0 bridgehead atoms. The number of carbonyl (C=O) groups is 1. The molecule has 0 spiro atoms. The summed E-state index contributed by atoms with van der Waals surface area (Å²) >= 11 is 0. The summed E-state index contributed by atoms with van der Waals surface area (Å²) in [4.78, 5) is 17.1. The number of hydrogen-bond donors (Lipinski definition) is 4. The van der Waals surface area contributed by atoms with Gasteiger partial charge in [-0.2, -0.15) is 13.2 Å². The predicted octanol–water partition coefficient (Wildman–Crippen LogP) is 4.81. The lowest BCUT2D eigenvalue weighted by Gasteiger charge is -2.19. The fourth-order valence-electron chi connectivity index (χ4n) is 3.57. The number of alkyl halides is 3. The van der Waals surface area contributed by atoms with Crippen molar-refractivity contribution in [2.24, 2.45) is 11.6 Å². The van der Waals surface area contributed by atoms with E-state index in [1.54, 1.807) is 31.3 Å². The Kier molecular flexibility index (Phi) is 8.97. The largest absolute Gasteiger partial charge is 0.495 e. The maximum absolute atomic E-state index is 13.5. The van der Waals surface area contributed by atoms with Gasteiger partial charge in [-0.1, -0.05) is 19.9 Å². The van der Waals surface area contributed by atoms with Gasteiger partial charge in [0, 0.05) is 41.8 Å². The molecular formula is C27H31F3N6O2. The standard InChI is InChI=1S/C27H31F3N6O2/c1-16(2)34-12-18-7-21(27(28,29)30)11-22(8-18)35-26(37)19-6-5-17(3)25(10-19)36(32)15-24(31)20-9-23(38-4)14-33-13-20/h5-11,13-16,34H,12,31-32H2,1-4H3,(H,35,37)/b24-15-. The molecule has 0 aliphatic heterocycles. The van der Waals surface area contributed by atoms with E-state index in [2.05, 4.69) is 15.6 Å². The first kappa shape index (κ1) is 28.5. The molecular weight excluding hydrogens is 497 g/mol. The van der Waals surface area contributed by atoms with E-state index in [1.807, 2.05) is 13.8 Å². The third-order valence-electron chi connectivity index (χ3n) is 5.60. The number of benzene rings is 2. The van der Waals surface area contributed by atoms with E-state index < -0.39 is 17.6 Å². The molecule has 6 N–H and O–H groups in total. The SMILES string of the molecule is COc1cncc(/C(N)=C/N(N)c2cc(C(=O)Nc3cc(CNC(C)C)cc(C(F)(F)F)c3)ccc2C)c1. The summed E-state index contributed by atoms with van der Waals surface area (Å²) in [6, 6.07) is 10.1. The lowest BCUT2D eigenvalue weighted by molar-refractivity contribution is -0.137. The molecule has 11 heteroatoms. The van der Waals surface area contributed by atoms with Crippen molar-refractivity contribution in [3.8, 4) is 5.75 Å². The van der Waals surface area contributed by atoms with Crippen LogP contribution in [0.25, 0.3) is 5.70 Å². The number of hydrogen-bond acceptors (Lipinski definition) is 7. The van der Waals surface area contributed by atoms with Crippen LogP contribution < -0.4 is 32.0 Å². The molecule has 1 aromatic heterocycles. The van der Waals surface area contributed by atoms with E-state index in [0.717, 1.165) is 17.7 Å². The molecule has 0 saturated carbocycles. The highest BCUT2D eigenvalue weighted by Gasteiger charge is 2.31. The van der Waals surface area contributed by atoms with Crippen LogP contribution in [-0.2, 0) is 12.7 Å². The van der Waals surface area contributed by atoms with Crippen LogP contribution in [0.15, 0.2) is 61.1 Å². The van der Waals surface area contributed by atoms with Gasteiger partial charge in [0.15, 0.2) is 0 Å². The number of anilines is 2. The maximum Gasteiger partial charge on any atom is 0.416 e. The zero-order valence-electron chi connectivity index (χ0n) is 21.6. The van der Waals surface area contributed by atoms with Gasteiger partial charge in [0.2, 0.25) is 0 Å². The summed E-state index contributed by atoms with van der Waals surface area (Å²) in [5, 5.41) is 6.93. The van der Waals surface area contributed by atoms with Gasteiger partial charge in [-0.25, -0.2) is 5.84 Å². The number of aromatic nitrogens is 1. The number of halogens is 3. The minimum Gasteiger partial charge on any atom is -0.495 e. The predicted molar refractivity (Wildman–Crippen MR) is 142 cm³/mol. The number of amides is 1. The Labute approximate surface area is 219 Å². The van der Waals surface area contributed by atoms with Crippen LogP contribution in [0.4, 0.5) is 24.5 Å². The fraction of sp³-hybridized carbons (Fsp3) is 0.259. The van der Waals surface area contributed by atoms with Crippen molar-refractivity contribution in [3.05, 3.63) is 88.9 Å². The second kappa shape index (κ2) is 12.0. The molecule has 202 valence electrons. The quantitative estimate of drug-likeness (QED) is 0.233. The van der Waals surface area contributed by atoms with Crippen LogP contribution in [0.1, 0.15) is 46.5 Å². The Bertz CT molecular complexity index is 1320. The van der Waals surface area contributed by atoms with Crippen molar-refractivity contribution in [1.29, 1.82) is 0 Å². The average Bonchev–Trinajstić information content (AvgIpc) is 2.87. The number of hydrazine groups is 1. The molecule has 3 aromatic rings. The number of pyridine rings is 1. The monoisotopic (exact) mass is 528 g/mol. The number of nitrogens with one attached hydrogen (secondary N) is 2. The number of ether oxygens (including phenoxy) is 1. The third-order valence-corrected chi connectivity index (χ3v) is 5.60. The number of aryl methyl sites for hydroxylation is 1. The summed E-state index contributed by atoms with van der Waals surface area (Å²) in [6.45, 7) is 5.80. The Morgan fingerprint density at radius 1 is 1.13 bits per heavy atom. The highest BCUT2D eigenvalue weighted by molar-refractivity contribution is 6.05. The normalized spacial score (nSPS) is 12.0. The molecule has 1 heterocycles. The molecule has 38 heavy (non-hydrogen) atoms. The summed E-state index contributed by atoms with van der Waals surface area (Å²) < 4.78 is 45.6. The Balaban J connectivity index is 1.86. The van der Waals surface area contributed by atoms with Crippen molar-refractivity contribution in [2.75, 3.05) is 17.4 Å². The summed E-state index contributed by atoms with van der Waals surface area (Å²) in [6.07, 6.45) is 0.00653. The van der Waals surface area contributed by atoms with Gasteiger partial charge in [0.1, 0.15) is 5.75 Å². The number of methoxy groups -OCH3 is 1. The number of nitrogens with zero attached hydrogens (tertiary/aromatic N) is 2. The van der Waals surface area contributed by atoms with E-state index in [9.17, 15) is 18.0 Å². The van der Waals surface area contributed by atoms with Gasteiger partial charge in [0.25, 0.3) is 5.91 Å². The minimum atomic E-state index is -4.56. The summed E-state index contributed by atoms with van der Waals surface area (Å²) in [7, 11) is 1.51. The lowest BCUT2D eigenvalue weighted by atomic mass is 10.1. The van der Waals surface area contributed by atoms with Crippen molar-refractivity contribution < 1.29 is 22.7 Å². The highest BCUT2D eigenvalue weighted by Crippen LogP contribution is 2.32. The minimum absolute atomic E-state index is 0.0341. The molecule has 0 aliphatic rings. The molecule has 0 fully saturated rings. The zero-order valence-corrected chi connectivity index (χ0v) is 21.6. The van der Waals surface area contributed by atoms with E-state index in [1.165, 1.54) is 36.6 Å². The Hall–Kier alpha value is -4.09.